The van der Waals surface area contributed by atoms with Crippen LogP contribution >= 0.6 is 23.1 Å². The van der Waals surface area contributed by atoms with Crippen molar-refractivity contribution in [2.24, 2.45) is 15.9 Å². The Morgan fingerprint density at radius 3 is 2.82 bits per heavy atom. The molecule has 4 heterocycles. The third-order valence-corrected chi connectivity index (χ3v) is 7.81. The van der Waals surface area contributed by atoms with Gasteiger partial charge in [0.25, 0.3) is 5.84 Å². The first-order chi connectivity index (χ1) is 16.0. The van der Waals surface area contributed by atoms with E-state index in [1.165, 1.54) is 40.3 Å². The third-order valence-electron chi connectivity index (χ3n) is 5.93. The van der Waals surface area contributed by atoms with E-state index in [2.05, 4.69) is 16.1 Å². The smallest absolute Gasteiger partial charge is 0.311 e. The molecule has 3 aliphatic rings. The summed E-state index contributed by atoms with van der Waals surface area (Å²) in [7, 11) is 3.06. The number of imide groups is 1. The second-order valence-electron chi connectivity index (χ2n) is 7.96. The summed E-state index contributed by atoms with van der Waals surface area (Å²) in [6.45, 7) is 0.671. The molecule has 1 atom stereocenters. The van der Waals surface area contributed by atoms with E-state index in [-0.39, 0.29) is 17.6 Å². The summed E-state index contributed by atoms with van der Waals surface area (Å²) in [5.41, 5.74) is 2.12. The highest BCUT2D eigenvalue weighted by Crippen LogP contribution is 2.30. The number of carbonyl (C=O) groups excluding carboxylic acids is 3. The number of urea groups is 1. The van der Waals surface area contributed by atoms with Crippen LogP contribution in [-0.4, -0.2) is 70.4 Å². The van der Waals surface area contributed by atoms with E-state index in [0.29, 0.717) is 23.3 Å². The van der Waals surface area contributed by atoms with Crippen LogP contribution in [-0.2, 0) is 16.0 Å². The van der Waals surface area contributed by atoms with E-state index in [0.717, 1.165) is 28.3 Å². The second kappa shape index (κ2) is 8.68. The molecule has 10 heteroatoms. The molecule has 168 valence electrons. The van der Waals surface area contributed by atoms with Gasteiger partial charge in [-0.25, -0.2) is 9.79 Å². The lowest BCUT2D eigenvalue weighted by atomic mass is 10.0. The summed E-state index contributed by atoms with van der Waals surface area (Å²) in [5.74, 6) is -0.274. The monoisotopic (exact) mass is 480 g/mol. The molecule has 33 heavy (non-hydrogen) atoms. The molecule has 0 N–H and O–H groups in total. The minimum absolute atomic E-state index is 0.0300. The minimum atomic E-state index is -0.798. The Morgan fingerprint density at radius 1 is 1.21 bits per heavy atom. The number of anilines is 1. The van der Waals surface area contributed by atoms with Gasteiger partial charge in [0.05, 0.1) is 24.7 Å². The number of thioether (sulfide) groups is 1. The Kier molecular flexibility index (Phi) is 5.71. The van der Waals surface area contributed by atoms with E-state index in [1.807, 2.05) is 40.6 Å². The summed E-state index contributed by atoms with van der Waals surface area (Å²) in [5, 5.41) is 2.40. The van der Waals surface area contributed by atoms with Gasteiger partial charge in [-0.05, 0) is 35.9 Å². The van der Waals surface area contributed by atoms with Crippen molar-refractivity contribution < 1.29 is 19.0 Å². The summed E-state index contributed by atoms with van der Waals surface area (Å²) in [4.78, 5) is 51.7. The molecular weight excluding hydrogens is 458 g/mol. The van der Waals surface area contributed by atoms with Crippen molar-refractivity contribution in [3.63, 3.8) is 0 Å². The van der Waals surface area contributed by atoms with Gasteiger partial charge in [0.1, 0.15) is 5.04 Å². The molecule has 0 bridgehead atoms. The number of thiophene rings is 1. The average molecular weight is 481 g/mol. The van der Waals surface area contributed by atoms with Crippen molar-refractivity contribution in [2.45, 2.75) is 12.8 Å². The van der Waals surface area contributed by atoms with Gasteiger partial charge in [0.15, 0.2) is 5.92 Å². The first-order valence-electron chi connectivity index (χ1n) is 10.6. The number of para-hydroxylation sites is 1. The zero-order valence-electron chi connectivity index (χ0n) is 18.2. The lowest BCUT2D eigenvalue weighted by Gasteiger charge is -2.30. The van der Waals surface area contributed by atoms with Crippen molar-refractivity contribution >= 4 is 63.3 Å². The maximum Gasteiger partial charge on any atom is 0.445 e. The van der Waals surface area contributed by atoms with Crippen LogP contribution in [0, 0.1) is 5.92 Å². The zero-order valence-corrected chi connectivity index (χ0v) is 19.9. The number of rotatable bonds is 3. The summed E-state index contributed by atoms with van der Waals surface area (Å²) in [6, 6.07) is 11.3. The molecule has 5 rings (SSSR count). The number of benzene rings is 1. The highest BCUT2D eigenvalue weighted by molar-refractivity contribution is 8.14. The van der Waals surface area contributed by atoms with E-state index in [4.69, 9.17) is 0 Å². The number of hydrogen-bond acceptors (Lipinski definition) is 7. The van der Waals surface area contributed by atoms with Crippen LogP contribution in [0.2, 0.25) is 0 Å². The highest BCUT2D eigenvalue weighted by Gasteiger charge is 2.49. The number of fused-ring (bicyclic) bond motifs is 2. The van der Waals surface area contributed by atoms with Gasteiger partial charge < -0.3 is 4.90 Å². The standard InChI is InChI=1S/C23H22N5O3S2/c1-26-20-18(22(30)27(2)23(26)31)21(25-19(24-20)16-10-6-12-32-16)33-13-17(29)28-11-5-8-14-7-3-4-9-15(14)28/h3-4,6-7,9-10,12,18H,5,8,11,13H2,1-2H3/q+1. The number of aliphatic imine (C=N–C) groups is 2. The fourth-order valence-corrected chi connectivity index (χ4v) is 5.82. The predicted octanol–water partition coefficient (Wildman–Crippen LogP) is 2.87. The van der Waals surface area contributed by atoms with Gasteiger partial charge in [-0.1, -0.05) is 41.0 Å². The molecule has 0 radical (unpaired) electrons. The molecule has 0 aliphatic carbocycles. The van der Waals surface area contributed by atoms with Crippen LogP contribution in [0.5, 0.6) is 0 Å². The van der Waals surface area contributed by atoms with Crippen molar-refractivity contribution in [3.8, 4) is 0 Å². The zero-order chi connectivity index (χ0) is 23.1. The quantitative estimate of drug-likeness (QED) is 0.633. The Morgan fingerprint density at radius 2 is 2.03 bits per heavy atom. The Bertz CT molecular complexity index is 1250. The molecule has 0 spiro atoms. The Balaban J connectivity index is 1.45. The van der Waals surface area contributed by atoms with Crippen molar-refractivity contribution in [2.75, 3.05) is 31.3 Å². The molecule has 0 saturated carbocycles. The number of amidine groups is 2. The topological polar surface area (TPSA) is 85.4 Å². The normalized spacial score (nSPS) is 20.4. The summed E-state index contributed by atoms with van der Waals surface area (Å²) < 4.78 is 1.39. The van der Waals surface area contributed by atoms with Crippen LogP contribution in [0.15, 0.2) is 51.8 Å². The molecule has 3 aliphatic heterocycles. The van der Waals surface area contributed by atoms with Gasteiger partial charge in [-0.3, -0.25) is 9.59 Å². The second-order valence-corrected chi connectivity index (χ2v) is 9.90. The summed E-state index contributed by atoms with van der Waals surface area (Å²) >= 11 is 2.73. The number of hydrogen-bond donors (Lipinski definition) is 0. The van der Waals surface area contributed by atoms with Crippen LogP contribution in [0.4, 0.5) is 10.5 Å². The number of amides is 4. The largest absolute Gasteiger partial charge is 0.445 e. The highest BCUT2D eigenvalue weighted by atomic mass is 32.2. The van der Waals surface area contributed by atoms with Gasteiger partial charge in [-0.2, -0.15) is 9.48 Å². The molecular formula is C23H22N5O3S2+. The Hall–Kier alpha value is -3.11. The fourth-order valence-electron chi connectivity index (χ4n) is 4.21. The maximum absolute atomic E-state index is 13.2. The number of carbonyl (C=O) groups is 3. The van der Waals surface area contributed by atoms with Gasteiger partial charge in [0, 0.05) is 12.2 Å². The van der Waals surface area contributed by atoms with E-state index < -0.39 is 11.9 Å². The van der Waals surface area contributed by atoms with Crippen LogP contribution in [0.3, 0.4) is 0 Å². The molecule has 1 aromatic carbocycles. The average Bonchev–Trinajstić information content (AvgIpc) is 3.39. The number of nitrogens with zero attached hydrogens (tertiary/aromatic N) is 5. The molecule has 2 aromatic rings. The third kappa shape index (κ3) is 3.83. The lowest BCUT2D eigenvalue weighted by molar-refractivity contribution is -0.407. The molecule has 8 nitrogen and oxygen atoms in total. The first-order valence-corrected chi connectivity index (χ1v) is 12.5. The first kappa shape index (κ1) is 21.7. The van der Waals surface area contributed by atoms with Crippen molar-refractivity contribution in [3.05, 3.63) is 52.2 Å². The predicted molar refractivity (Wildman–Crippen MR) is 131 cm³/mol. The number of aryl methyl sites for hydroxylation is 1. The molecule has 0 fully saturated rings. The molecule has 1 unspecified atom stereocenters. The molecule has 1 aromatic heterocycles. The van der Waals surface area contributed by atoms with Crippen LogP contribution in [0.1, 0.15) is 16.9 Å². The SMILES string of the molecule is CN1C(=O)C2C(SCC(=O)N3CCCc4ccccc43)=NC(c3cccs3)=NC2=[N+](C)C1=O. The van der Waals surface area contributed by atoms with Crippen LogP contribution in [0.25, 0.3) is 0 Å². The van der Waals surface area contributed by atoms with Gasteiger partial charge >= 0.3 is 11.9 Å². The van der Waals surface area contributed by atoms with E-state index in [9.17, 15) is 14.4 Å². The molecule has 0 saturated heterocycles. The van der Waals surface area contributed by atoms with E-state index in [1.54, 1.807) is 7.05 Å². The van der Waals surface area contributed by atoms with E-state index >= 15 is 0 Å². The maximum atomic E-state index is 13.2. The van der Waals surface area contributed by atoms with Crippen molar-refractivity contribution in [1.82, 2.24) is 4.90 Å². The fraction of sp³-hybridized carbons (Fsp3) is 0.304. The minimum Gasteiger partial charge on any atom is -0.311 e. The van der Waals surface area contributed by atoms with Gasteiger partial charge in [0.2, 0.25) is 11.7 Å². The lowest BCUT2D eigenvalue weighted by Crippen LogP contribution is -2.54. The van der Waals surface area contributed by atoms with Crippen molar-refractivity contribution in [1.29, 1.82) is 0 Å². The summed E-state index contributed by atoms with van der Waals surface area (Å²) in [6.07, 6.45) is 1.88. The molecule has 4 amide bonds. The van der Waals surface area contributed by atoms with Gasteiger partial charge in [-0.15, -0.1) is 11.3 Å². The van der Waals surface area contributed by atoms with Crippen LogP contribution < -0.4 is 4.90 Å². The Labute approximate surface area is 199 Å².